The Hall–Kier alpha value is -2.27. The number of halogens is 1. The number of aromatic nitrogens is 3. The van der Waals surface area contributed by atoms with Gasteiger partial charge in [0.05, 0.1) is 12.7 Å². The van der Waals surface area contributed by atoms with E-state index in [0.29, 0.717) is 6.54 Å². The largest absolute Gasteiger partial charge is 0.328 e. The molecule has 1 N–H and O–H groups in total. The third-order valence-corrected chi connectivity index (χ3v) is 3.40. The first kappa shape index (κ1) is 13.7. The van der Waals surface area contributed by atoms with Crippen LogP contribution in [0.3, 0.4) is 0 Å². The van der Waals surface area contributed by atoms with Crippen LogP contribution >= 0.6 is 0 Å². The van der Waals surface area contributed by atoms with Crippen LogP contribution < -0.4 is 5.32 Å². The summed E-state index contributed by atoms with van der Waals surface area (Å²) in [4.78, 5) is 8.35. The van der Waals surface area contributed by atoms with E-state index >= 15 is 0 Å². The quantitative estimate of drug-likeness (QED) is 0.783. The third kappa shape index (κ3) is 2.92. The smallest absolute Gasteiger partial charge is 0.141 e. The lowest BCUT2D eigenvalue weighted by molar-refractivity contribution is 0.616. The highest BCUT2D eigenvalue weighted by molar-refractivity contribution is 5.80. The zero-order valence-electron chi connectivity index (χ0n) is 11.9. The average molecular weight is 284 g/mol. The van der Waals surface area contributed by atoms with Crippen molar-refractivity contribution in [1.82, 2.24) is 19.9 Å². The molecule has 0 unspecified atom stereocenters. The van der Waals surface area contributed by atoms with Gasteiger partial charge in [-0.05, 0) is 35.9 Å². The third-order valence-electron chi connectivity index (χ3n) is 3.40. The van der Waals surface area contributed by atoms with Crippen LogP contribution in [0.5, 0.6) is 0 Å². The van der Waals surface area contributed by atoms with E-state index < -0.39 is 0 Å². The molecule has 3 rings (SSSR count). The van der Waals surface area contributed by atoms with Crippen LogP contribution in [-0.2, 0) is 13.1 Å². The van der Waals surface area contributed by atoms with Crippen molar-refractivity contribution in [1.29, 1.82) is 0 Å². The van der Waals surface area contributed by atoms with Crippen molar-refractivity contribution in [2.75, 3.05) is 6.54 Å². The van der Waals surface area contributed by atoms with Crippen molar-refractivity contribution in [2.24, 2.45) is 0 Å². The molecule has 0 amide bonds. The maximum atomic E-state index is 13.3. The highest BCUT2D eigenvalue weighted by atomic mass is 19.1. The SMILES string of the molecule is CCNCc1cn(Cc2cncc(F)c2)c2ncccc12. The van der Waals surface area contributed by atoms with Crippen molar-refractivity contribution in [3.8, 4) is 0 Å². The Labute approximate surface area is 122 Å². The first-order valence-corrected chi connectivity index (χ1v) is 7.01. The van der Waals surface area contributed by atoms with Crippen molar-refractivity contribution in [3.63, 3.8) is 0 Å². The van der Waals surface area contributed by atoms with Crippen molar-refractivity contribution < 1.29 is 4.39 Å². The van der Waals surface area contributed by atoms with Gasteiger partial charge in [0.2, 0.25) is 0 Å². The Kier molecular flexibility index (Phi) is 3.92. The van der Waals surface area contributed by atoms with Gasteiger partial charge in [-0.2, -0.15) is 0 Å². The topological polar surface area (TPSA) is 42.7 Å². The fourth-order valence-electron chi connectivity index (χ4n) is 2.46. The molecular formula is C16H17FN4. The predicted molar refractivity (Wildman–Crippen MR) is 80.4 cm³/mol. The lowest BCUT2D eigenvalue weighted by atomic mass is 10.2. The van der Waals surface area contributed by atoms with Gasteiger partial charge in [-0.25, -0.2) is 9.37 Å². The van der Waals surface area contributed by atoms with Gasteiger partial charge in [-0.1, -0.05) is 6.92 Å². The summed E-state index contributed by atoms with van der Waals surface area (Å²) in [5.74, 6) is -0.315. The average Bonchev–Trinajstić information content (AvgIpc) is 2.84. The fraction of sp³-hybridized carbons (Fsp3) is 0.250. The molecule has 0 bridgehead atoms. The Morgan fingerprint density at radius 3 is 3.05 bits per heavy atom. The second-order valence-electron chi connectivity index (χ2n) is 4.95. The van der Waals surface area contributed by atoms with E-state index in [1.54, 1.807) is 12.4 Å². The van der Waals surface area contributed by atoms with E-state index in [1.807, 2.05) is 10.6 Å². The summed E-state index contributed by atoms with van der Waals surface area (Å²) in [5, 5.41) is 4.46. The molecule has 3 aromatic heterocycles. The summed E-state index contributed by atoms with van der Waals surface area (Å²) in [6, 6.07) is 5.51. The maximum Gasteiger partial charge on any atom is 0.141 e. The van der Waals surface area contributed by atoms with Gasteiger partial charge in [-0.15, -0.1) is 0 Å². The molecule has 0 aromatic carbocycles. The van der Waals surface area contributed by atoms with Crippen LogP contribution in [0.1, 0.15) is 18.1 Å². The predicted octanol–water partition coefficient (Wildman–Crippen LogP) is 2.73. The molecule has 0 atom stereocenters. The van der Waals surface area contributed by atoms with Crippen LogP contribution in [0.4, 0.5) is 4.39 Å². The van der Waals surface area contributed by atoms with Crippen molar-refractivity contribution in [2.45, 2.75) is 20.0 Å². The summed E-state index contributed by atoms with van der Waals surface area (Å²) < 4.78 is 15.3. The lowest BCUT2D eigenvalue weighted by Crippen LogP contribution is -2.11. The maximum absolute atomic E-state index is 13.3. The molecule has 0 aliphatic heterocycles. The molecule has 0 saturated carbocycles. The number of hydrogen-bond donors (Lipinski definition) is 1. The number of nitrogens with zero attached hydrogens (tertiary/aromatic N) is 3. The molecule has 3 aromatic rings. The lowest BCUT2D eigenvalue weighted by Gasteiger charge is -2.04. The van der Waals surface area contributed by atoms with Crippen LogP contribution in [0.2, 0.25) is 0 Å². The standard InChI is InChI=1S/C16H17FN4/c1-2-18-8-13-11-21(16-15(13)4-3-5-20-16)10-12-6-14(17)9-19-7-12/h3-7,9,11,18H,2,8,10H2,1H3. The van der Waals surface area contributed by atoms with Gasteiger partial charge >= 0.3 is 0 Å². The molecule has 5 heteroatoms. The van der Waals surface area contributed by atoms with E-state index in [4.69, 9.17) is 0 Å². The molecule has 3 heterocycles. The highest BCUT2D eigenvalue weighted by Gasteiger charge is 2.09. The Morgan fingerprint density at radius 1 is 1.33 bits per heavy atom. The zero-order valence-corrected chi connectivity index (χ0v) is 11.9. The summed E-state index contributed by atoms with van der Waals surface area (Å²) in [6.07, 6.45) is 6.75. The molecule has 0 saturated heterocycles. The minimum atomic E-state index is -0.315. The van der Waals surface area contributed by atoms with Crippen LogP contribution in [0.25, 0.3) is 11.0 Å². The Balaban J connectivity index is 1.98. The van der Waals surface area contributed by atoms with Crippen molar-refractivity contribution in [3.05, 3.63) is 59.9 Å². The highest BCUT2D eigenvalue weighted by Crippen LogP contribution is 2.20. The molecule has 0 fully saturated rings. The zero-order chi connectivity index (χ0) is 14.7. The molecule has 108 valence electrons. The summed E-state index contributed by atoms with van der Waals surface area (Å²) in [6.45, 7) is 4.36. The molecule has 0 radical (unpaired) electrons. The van der Waals surface area contributed by atoms with Gasteiger partial charge < -0.3 is 9.88 Å². The van der Waals surface area contributed by atoms with E-state index in [-0.39, 0.29) is 5.82 Å². The number of fused-ring (bicyclic) bond motifs is 1. The molecule has 0 spiro atoms. The van der Waals surface area contributed by atoms with Gasteiger partial charge in [0.15, 0.2) is 0 Å². The summed E-state index contributed by atoms with van der Waals surface area (Å²) in [7, 11) is 0. The molecule has 21 heavy (non-hydrogen) atoms. The van der Waals surface area contributed by atoms with Gasteiger partial charge in [0.25, 0.3) is 0 Å². The van der Waals surface area contributed by atoms with Crippen LogP contribution in [0, 0.1) is 5.82 Å². The molecule has 0 aliphatic rings. The van der Waals surface area contributed by atoms with Gasteiger partial charge in [0.1, 0.15) is 11.5 Å². The summed E-state index contributed by atoms with van der Waals surface area (Å²) in [5.41, 5.74) is 2.94. The first-order valence-electron chi connectivity index (χ1n) is 7.01. The minimum absolute atomic E-state index is 0.315. The van der Waals surface area contributed by atoms with E-state index in [0.717, 1.165) is 29.7 Å². The number of hydrogen-bond acceptors (Lipinski definition) is 3. The number of nitrogens with one attached hydrogen (secondary N) is 1. The van der Waals surface area contributed by atoms with Crippen molar-refractivity contribution >= 4 is 11.0 Å². The molecular weight excluding hydrogens is 267 g/mol. The van der Waals surface area contributed by atoms with E-state index in [9.17, 15) is 4.39 Å². The second kappa shape index (κ2) is 6.01. The number of pyridine rings is 2. The number of rotatable bonds is 5. The Morgan fingerprint density at radius 2 is 2.24 bits per heavy atom. The summed E-state index contributed by atoms with van der Waals surface area (Å²) >= 11 is 0. The van der Waals surface area contributed by atoms with Gasteiger partial charge in [0, 0.05) is 30.5 Å². The Bertz CT molecular complexity index is 751. The first-order chi connectivity index (χ1) is 10.3. The molecule has 0 aliphatic carbocycles. The monoisotopic (exact) mass is 284 g/mol. The van der Waals surface area contributed by atoms with Crippen LogP contribution in [0.15, 0.2) is 43.0 Å². The van der Waals surface area contributed by atoms with E-state index in [2.05, 4.69) is 34.5 Å². The van der Waals surface area contributed by atoms with E-state index in [1.165, 1.54) is 17.8 Å². The van der Waals surface area contributed by atoms with Crippen LogP contribution in [-0.4, -0.2) is 21.1 Å². The minimum Gasteiger partial charge on any atom is -0.328 e. The fourth-order valence-corrected chi connectivity index (χ4v) is 2.46. The molecule has 4 nitrogen and oxygen atoms in total. The second-order valence-corrected chi connectivity index (χ2v) is 4.95. The normalized spacial score (nSPS) is 11.1. The van der Waals surface area contributed by atoms with Gasteiger partial charge in [-0.3, -0.25) is 4.98 Å².